The molecule has 0 unspecified atom stereocenters. The van der Waals surface area contributed by atoms with Crippen molar-refractivity contribution in [1.29, 1.82) is 0 Å². The number of hydrogen-bond donors (Lipinski definition) is 2. The fourth-order valence-corrected chi connectivity index (χ4v) is 3.43. The van der Waals surface area contributed by atoms with Gasteiger partial charge in [0.1, 0.15) is 0 Å². The summed E-state index contributed by atoms with van der Waals surface area (Å²) in [5.74, 6) is 1.70. The molecule has 0 amide bonds. The largest absolute Gasteiger partial charge is 0.393 e. The summed E-state index contributed by atoms with van der Waals surface area (Å²) in [5.41, 5.74) is 2.02. The quantitative estimate of drug-likeness (QED) is 0.814. The molecule has 0 bridgehead atoms. The van der Waals surface area contributed by atoms with Gasteiger partial charge in [-0.1, -0.05) is 0 Å². The van der Waals surface area contributed by atoms with Gasteiger partial charge in [-0.2, -0.15) is 0 Å². The van der Waals surface area contributed by atoms with Crippen LogP contribution in [0.15, 0.2) is 30.7 Å². The van der Waals surface area contributed by atoms with E-state index in [2.05, 4.69) is 30.1 Å². The molecule has 2 N–H and O–H groups in total. The Morgan fingerprint density at radius 3 is 2.52 bits per heavy atom. The molecular weight excluding hydrogens is 344 g/mol. The maximum absolute atomic E-state index is 9.72. The summed E-state index contributed by atoms with van der Waals surface area (Å²) in [6.07, 6.45) is 6.94. The second-order valence-corrected chi connectivity index (χ2v) is 6.94. The number of aliphatic hydroxyl groups is 1. The lowest BCUT2D eigenvalue weighted by atomic mass is 10.1. The number of aliphatic hydroxyl groups excluding tert-OH is 1. The van der Waals surface area contributed by atoms with Crippen LogP contribution >= 0.6 is 0 Å². The second-order valence-electron chi connectivity index (χ2n) is 6.94. The highest BCUT2D eigenvalue weighted by Gasteiger charge is 2.20. The monoisotopic (exact) mass is 370 g/mol. The Morgan fingerprint density at radius 2 is 1.78 bits per heavy atom. The molecule has 2 aromatic heterocycles. The molecule has 8 nitrogen and oxygen atoms in total. The van der Waals surface area contributed by atoms with Crippen LogP contribution < -0.4 is 15.1 Å². The molecule has 4 rings (SSSR count). The number of aromatic nitrogens is 3. The minimum atomic E-state index is -0.191. The Kier molecular flexibility index (Phi) is 5.64. The van der Waals surface area contributed by atoms with Gasteiger partial charge in [-0.05, 0) is 25.0 Å². The van der Waals surface area contributed by atoms with Crippen LogP contribution in [-0.2, 0) is 11.3 Å². The topological polar surface area (TPSA) is 86.6 Å². The summed E-state index contributed by atoms with van der Waals surface area (Å²) >= 11 is 0. The molecule has 144 valence electrons. The van der Waals surface area contributed by atoms with Gasteiger partial charge in [0.2, 0.25) is 5.95 Å². The Bertz CT molecular complexity index is 727. The maximum Gasteiger partial charge on any atom is 0.225 e. The molecular formula is C19H26N6O2. The van der Waals surface area contributed by atoms with Gasteiger partial charge >= 0.3 is 0 Å². The Morgan fingerprint density at radius 1 is 1.04 bits per heavy atom. The molecule has 4 heterocycles. The summed E-state index contributed by atoms with van der Waals surface area (Å²) in [6.45, 7) is 5.41. The average molecular weight is 370 g/mol. The second kappa shape index (κ2) is 8.49. The molecule has 2 aliphatic heterocycles. The van der Waals surface area contributed by atoms with Crippen molar-refractivity contribution in [1.82, 2.24) is 15.0 Å². The molecule has 0 saturated carbocycles. The van der Waals surface area contributed by atoms with E-state index in [-0.39, 0.29) is 6.10 Å². The zero-order chi connectivity index (χ0) is 18.5. The first-order valence-electron chi connectivity index (χ1n) is 9.55. The summed E-state index contributed by atoms with van der Waals surface area (Å²) < 4.78 is 5.37. The first-order valence-corrected chi connectivity index (χ1v) is 9.55. The Labute approximate surface area is 159 Å². The van der Waals surface area contributed by atoms with Gasteiger partial charge in [-0.3, -0.25) is 0 Å². The van der Waals surface area contributed by atoms with Crippen molar-refractivity contribution in [2.75, 3.05) is 54.5 Å². The third-order valence-corrected chi connectivity index (χ3v) is 5.02. The fourth-order valence-electron chi connectivity index (χ4n) is 3.43. The zero-order valence-corrected chi connectivity index (χ0v) is 15.4. The highest BCUT2D eigenvalue weighted by molar-refractivity contribution is 5.65. The van der Waals surface area contributed by atoms with Gasteiger partial charge in [-0.25, -0.2) is 15.0 Å². The maximum atomic E-state index is 9.72. The number of morpholine rings is 1. The summed E-state index contributed by atoms with van der Waals surface area (Å²) in [6, 6.07) is 3.97. The number of nitrogens with one attached hydrogen (secondary N) is 1. The van der Waals surface area contributed by atoms with Crippen molar-refractivity contribution < 1.29 is 9.84 Å². The normalized spacial score (nSPS) is 18.6. The predicted molar refractivity (Wildman–Crippen MR) is 104 cm³/mol. The third-order valence-electron chi connectivity index (χ3n) is 5.02. The van der Waals surface area contributed by atoms with Crippen LogP contribution in [0, 0.1) is 0 Å². The fraction of sp³-hybridized carbons (Fsp3) is 0.526. The molecule has 0 aliphatic carbocycles. The highest BCUT2D eigenvalue weighted by Crippen LogP contribution is 2.26. The van der Waals surface area contributed by atoms with Crippen LogP contribution in [0.5, 0.6) is 0 Å². The molecule has 0 aromatic carbocycles. The van der Waals surface area contributed by atoms with E-state index in [1.165, 1.54) is 0 Å². The summed E-state index contributed by atoms with van der Waals surface area (Å²) in [7, 11) is 0. The van der Waals surface area contributed by atoms with Crippen LogP contribution in [0.1, 0.15) is 18.4 Å². The van der Waals surface area contributed by atoms with Crippen LogP contribution in [0.3, 0.4) is 0 Å². The van der Waals surface area contributed by atoms with Gasteiger partial charge < -0.3 is 25.0 Å². The number of piperidine rings is 1. The standard InChI is InChI=1S/C19H26N6O2/c26-16-3-6-24(7-4-16)18-17(2-1-5-20-18)21-12-15-13-22-19(23-14-15)25-8-10-27-11-9-25/h1-2,5,13-14,16,21,26H,3-4,6-12H2. The zero-order valence-electron chi connectivity index (χ0n) is 15.4. The molecule has 2 aliphatic rings. The van der Waals surface area contributed by atoms with E-state index in [1.807, 2.05) is 30.7 Å². The van der Waals surface area contributed by atoms with Crippen molar-refractivity contribution in [3.8, 4) is 0 Å². The van der Waals surface area contributed by atoms with Crippen LogP contribution in [0.2, 0.25) is 0 Å². The Balaban J connectivity index is 1.38. The molecule has 2 fully saturated rings. The van der Waals surface area contributed by atoms with Crippen LogP contribution in [-0.4, -0.2) is 65.6 Å². The van der Waals surface area contributed by atoms with Gasteiger partial charge in [0.25, 0.3) is 0 Å². The molecule has 2 aromatic rings. The molecule has 0 atom stereocenters. The number of anilines is 3. The third kappa shape index (κ3) is 4.45. The van der Waals surface area contributed by atoms with Gasteiger partial charge in [-0.15, -0.1) is 0 Å². The van der Waals surface area contributed by atoms with Crippen molar-refractivity contribution >= 4 is 17.5 Å². The van der Waals surface area contributed by atoms with E-state index < -0.39 is 0 Å². The van der Waals surface area contributed by atoms with Crippen molar-refractivity contribution in [3.05, 3.63) is 36.3 Å². The summed E-state index contributed by atoms with van der Waals surface area (Å²) in [5, 5.41) is 13.2. The van der Waals surface area contributed by atoms with Gasteiger partial charge in [0.05, 0.1) is 25.0 Å². The van der Waals surface area contributed by atoms with E-state index >= 15 is 0 Å². The minimum Gasteiger partial charge on any atom is -0.393 e. The average Bonchev–Trinajstić information content (AvgIpc) is 2.74. The first kappa shape index (κ1) is 17.9. The molecule has 0 spiro atoms. The minimum absolute atomic E-state index is 0.191. The van der Waals surface area contributed by atoms with Gasteiger partial charge in [0.15, 0.2) is 5.82 Å². The SMILES string of the molecule is OC1CCN(c2ncccc2NCc2cnc(N3CCOCC3)nc2)CC1. The lowest BCUT2D eigenvalue weighted by Crippen LogP contribution is -2.37. The first-order chi connectivity index (χ1) is 13.3. The van der Waals surface area contributed by atoms with E-state index in [0.29, 0.717) is 6.54 Å². The molecule has 27 heavy (non-hydrogen) atoms. The predicted octanol–water partition coefficient (Wildman–Crippen LogP) is 1.28. The summed E-state index contributed by atoms with van der Waals surface area (Å²) in [4.78, 5) is 17.9. The lowest BCUT2D eigenvalue weighted by molar-refractivity contribution is 0.122. The van der Waals surface area contributed by atoms with Crippen LogP contribution in [0.25, 0.3) is 0 Å². The number of pyridine rings is 1. The molecule has 0 radical (unpaired) electrons. The number of ether oxygens (including phenoxy) is 1. The molecule has 8 heteroatoms. The van der Waals surface area contributed by atoms with Crippen molar-refractivity contribution in [2.24, 2.45) is 0 Å². The van der Waals surface area contributed by atoms with E-state index in [4.69, 9.17) is 4.74 Å². The number of nitrogens with zero attached hydrogens (tertiary/aromatic N) is 5. The Hall–Kier alpha value is -2.45. The van der Waals surface area contributed by atoms with Crippen molar-refractivity contribution in [2.45, 2.75) is 25.5 Å². The van der Waals surface area contributed by atoms with E-state index in [1.54, 1.807) is 0 Å². The lowest BCUT2D eigenvalue weighted by Gasteiger charge is -2.31. The van der Waals surface area contributed by atoms with Gasteiger partial charge in [0, 0.05) is 56.9 Å². The smallest absolute Gasteiger partial charge is 0.225 e. The number of rotatable bonds is 5. The van der Waals surface area contributed by atoms with Crippen LogP contribution in [0.4, 0.5) is 17.5 Å². The van der Waals surface area contributed by atoms with Crippen molar-refractivity contribution in [3.63, 3.8) is 0 Å². The van der Waals surface area contributed by atoms with E-state index in [0.717, 1.165) is 75.3 Å². The molecule has 2 saturated heterocycles. The van der Waals surface area contributed by atoms with E-state index in [9.17, 15) is 5.11 Å². The highest BCUT2D eigenvalue weighted by atomic mass is 16.5. The number of hydrogen-bond acceptors (Lipinski definition) is 8.